The minimum atomic E-state index is -3.39. The molecule has 0 aromatic carbocycles. The fourth-order valence-corrected chi connectivity index (χ4v) is 4.47. The van der Waals surface area contributed by atoms with Gasteiger partial charge < -0.3 is 9.64 Å². The van der Waals surface area contributed by atoms with Gasteiger partial charge in [0.2, 0.25) is 5.95 Å². The summed E-state index contributed by atoms with van der Waals surface area (Å²) in [4.78, 5) is 11.0. The van der Waals surface area contributed by atoms with Crippen molar-refractivity contribution in [2.75, 3.05) is 57.4 Å². The average molecular weight is 341 g/mol. The molecule has 2 aliphatic heterocycles. The Kier molecular flexibility index (Phi) is 4.81. The van der Waals surface area contributed by atoms with E-state index in [9.17, 15) is 8.42 Å². The lowest BCUT2D eigenvalue weighted by molar-refractivity contribution is 0.0700. The van der Waals surface area contributed by atoms with Gasteiger partial charge in [-0.25, -0.2) is 9.97 Å². The molecule has 0 amide bonds. The minimum absolute atomic E-state index is 0.433. The van der Waals surface area contributed by atoms with Gasteiger partial charge in [0.1, 0.15) is 0 Å². The van der Waals surface area contributed by atoms with Gasteiger partial charge in [0.25, 0.3) is 10.2 Å². The van der Waals surface area contributed by atoms with E-state index in [1.54, 1.807) is 4.31 Å². The smallest absolute Gasteiger partial charge is 0.282 e. The van der Waals surface area contributed by atoms with Crippen molar-refractivity contribution in [2.24, 2.45) is 0 Å². The highest BCUT2D eigenvalue weighted by molar-refractivity contribution is 7.86. The fraction of sp³-hybridized carbons (Fsp3) is 0.714. The molecule has 0 atom stereocenters. The summed E-state index contributed by atoms with van der Waals surface area (Å²) in [6.45, 7) is 7.80. The first-order valence-electron chi connectivity index (χ1n) is 7.87. The zero-order chi connectivity index (χ0) is 16.4. The lowest BCUT2D eigenvalue weighted by Gasteiger charge is -2.37. The maximum atomic E-state index is 12.6. The van der Waals surface area contributed by atoms with Crippen LogP contribution in [0.4, 0.5) is 5.95 Å². The number of aromatic nitrogens is 2. The van der Waals surface area contributed by atoms with Gasteiger partial charge in [-0.05, 0) is 19.9 Å². The topological polar surface area (TPSA) is 78.9 Å². The standard InChI is InChI=1S/C14H23N5O3S/c1-12-11-13(2)16-14(15-12)17-3-5-18(6-4-17)23(20,21)19-7-9-22-10-8-19/h11H,3-10H2,1-2H3. The van der Waals surface area contributed by atoms with Gasteiger partial charge in [-0.15, -0.1) is 0 Å². The summed E-state index contributed by atoms with van der Waals surface area (Å²) < 4.78 is 33.6. The van der Waals surface area contributed by atoms with E-state index in [4.69, 9.17) is 4.74 Å². The van der Waals surface area contributed by atoms with Crippen molar-refractivity contribution in [3.05, 3.63) is 17.5 Å². The van der Waals surface area contributed by atoms with Crippen LogP contribution in [0.15, 0.2) is 6.07 Å². The summed E-state index contributed by atoms with van der Waals surface area (Å²) in [5.41, 5.74) is 1.85. The van der Waals surface area contributed by atoms with Crippen molar-refractivity contribution in [1.82, 2.24) is 18.6 Å². The molecule has 0 N–H and O–H groups in total. The summed E-state index contributed by atoms with van der Waals surface area (Å²) in [6, 6.07) is 1.93. The number of ether oxygens (including phenoxy) is 1. The molecule has 1 aromatic rings. The molecule has 2 saturated heterocycles. The summed E-state index contributed by atoms with van der Waals surface area (Å²) in [5, 5.41) is 0. The van der Waals surface area contributed by atoms with Crippen LogP contribution in [0.25, 0.3) is 0 Å². The molecule has 0 bridgehead atoms. The van der Waals surface area contributed by atoms with Crippen LogP contribution in [0.3, 0.4) is 0 Å². The molecule has 8 nitrogen and oxygen atoms in total. The fourth-order valence-electron chi connectivity index (χ4n) is 2.91. The van der Waals surface area contributed by atoms with E-state index in [0.29, 0.717) is 58.4 Å². The van der Waals surface area contributed by atoms with Crippen LogP contribution in [0, 0.1) is 13.8 Å². The van der Waals surface area contributed by atoms with Crippen LogP contribution >= 0.6 is 0 Å². The molecule has 0 radical (unpaired) electrons. The van der Waals surface area contributed by atoms with E-state index in [1.807, 2.05) is 24.8 Å². The number of hydrogen-bond acceptors (Lipinski definition) is 6. The molecule has 0 unspecified atom stereocenters. The van der Waals surface area contributed by atoms with Crippen LogP contribution in [-0.2, 0) is 14.9 Å². The van der Waals surface area contributed by atoms with Gasteiger partial charge in [0.05, 0.1) is 13.2 Å². The third-order valence-corrected chi connectivity index (χ3v) is 6.15. The molecule has 2 fully saturated rings. The first-order valence-corrected chi connectivity index (χ1v) is 9.27. The van der Waals surface area contributed by atoms with E-state index in [-0.39, 0.29) is 0 Å². The molecule has 128 valence electrons. The van der Waals surface area contributed by atoms with Crippen molar-refractivity contribution in [2.45, 2.75) is 13.8 Å². The predicted octanol–water partition coefficient (Wildman–Crippen LogP) is -0.208. The van der Waals surface area contributed by atoms with Crippen molar-refractivity contribution in [3.8, 4) is 0 Å². The van der Waals surface area contributed by atoms with Crippen LogP contribution in [0.1, 0.15) is 11.4 Å². The number of aryl methyl sites for hydroxylation is 2. The molecular weight excluding hydrogens is 318 g/mol. The van der Waals surface area contributed by atoms with Gasteiger partial charge in [-0.3, -0.25) is 0 Å². The highest BCUT2D eigenvalue weighted by atomic mass is 32.2. The summed E-state index contributed by atoms with van der Waals surface area (Å²) in [7, 11) is -3.39. The Bertz CT molecular complexity index is 632. The lowest BCUT2D eigenvalue weighted by Crippen LogP contribution is -2.55. The van der Waals surface area contributed by atoms with Gasteiger partial charge in [-0.1, -0.05) is 0 Å². The van der Waals surface area contributed by atoms with Crippen LogP contribution in [-0.4, -0.2) is 79.5 Å². The van der Waals surface area contributed by atoms with Crippen LogP contribution in [0.2, 0.25) is 0 Å². The maximum Gasteiger partial charge on any atom is 0.282 e. The number of rotatable bonds is 3. The van der Waals surface area contributed by atoms with E-state index in [1.165, 1.54) is 4.31 Å². The van der Waals surface area contributed by atoms with Gasteiger partial charge >= 0.3 is 0 Å². The van der Waals surface area contributed by atoms with Gasteiger partial charge in [0, 0.05) is 50.7 Å². The van der Waals surface area contributed by atoms with E-state index >= 15 is 0 Å². The summed E-state index contributed by atoms with van der Waals surface area (Å²) in [5.74, 6) is 0.686. The van der Waals surface area contributed by atoms with E-state index in [2.05, 4.69) is 9.97 Å². The first-order chi connectivity index (χ1) is 11.0. The van der Waals surface area contributed by atoms with Crippen LogP contribution < -0.4 is 4.90 Å². The second-order valence-electron chi connectivity index (χ2n) is 5.86. The Morgan fingerprint density at radius 2 is 1.43 bits per heavy atom. The lowest BCUT2D eigenvalue weighted by atomic mass is 10.3. The Balaban J connectivity index is 1.65. The van der Waals surface area contributed by atoms with Crippen molar-refractivity contribution in [1.29, 1.82) is 0 Å². The first kappa shape index (κ1) is 16.6. The SMILES string of the molecule is Cc1cc(C)nc(N2CCN(S(=O)(=O)N3CCOCC3)CC2)n1. The number of nitrogens with zero attached hydrogens (tertiary/aromatic N) is 5. The Morgan fingerprint density at radius 3 is 2.00 bits per heavy atom. The minimum Gasteiger partial charge on any atom is -0.379 e. The molecule has 0 saturated carbocycles. The van der Waals surface area contributed by atoms with Crippen molar-refractivity contribution >= 4 is 16.2 Å². The van der Waals surface area contributed by atoms with E-state index in [0.717, 1.165) is 11.4 Å². The zero-order valence-electron chi connectivity index (χ0n) is 13.6. The maximum absolute atomic E-state index is 12.6. The average Bonchev–Trinajstić information content (AvgIpc) is 2.55. The Labute approximate surface area is 137 Å². The molecule has 0 aliphatic carbocycles. The van der Waals surface area contributed by atoms with Crippen LogP contribution in [0.5, 0.6) is 0 Å². The molecule has 9 heteroatoms. The Morgan fingerprint density at radius 1 is 0.913 bits per heavy atom. The predicted molar refractivity (Wildman–Crippen MR) is 86.6 cm³/mol. The molecule has 3 heterocycles. The third kappa shape index (κ3) is 3.63. The number of anilines is 1. The molecule has 2 aliphatic rings. The van der Waals surface area contributed by atoms with Gasteiger partial charge in [-0.2, -0.15) is 17.0 Å². The highest BCUT2D eigenvalue weighted by Crippen LogP contribution is 2.17. The molecule has 3 rings (SSSR count). The Hall–Kier alpha value is -1.29. The third-order valence-electron chi connectivity index (χ3n) is 4.11. The highest BCUT2D eigenvalue weighted by Gasteiger charge is 2.33. The normalized spacial score (nSPS) is 21.6. The molecular formula is C14H23N5O3S. The largest absolute Gasteiger partial charge is 0.379 e. The van der Waals surface area contributed by atoms with E-state index < -0.39 is 10.2 Å². The number of hydrogen-bond donors (Lipinski definition) is 0. The summed E-state index contributed by atoms with van der Waals surface area (Å²) >= 11 is 0. The summed E-state index contributed by atoms with van der Waals surface area (Å²) in [6.07, 6.45) is 0. The van der Waals surface area contributed by atoms with Gasteiger partial charge in [0.15, 0.2) is 0 Å². The second-order valence-corrected chi connectivity index (χ2v) is 7.78. The molecule has 0 spiro atoms. The van der Waals surface area contributed by atoms with Crippen molar-refractivity contribution in [3.63, 3.8) is 0 Å². The zero-order valence-corrected chi connectivity index (χ0v) is 14.4. The second kappa shape index (κ2) is 6.68. The number of piperazine rings is 1. The molecule has 1 aromatic heterocycles. The monoisotopic (exact) mass is 341 g/mol. The quantitative estimate of drug-likeness (QED) is 0.757. The molecule has 23 heavy (non-hydrogen) atoms. The number of morpholine rings is 1. The van der Waals surface area contributed by atoms with Crippen molar-refractivity contribution < 1.29 is 13.2 Å².